The van der Waals surface area contributed by atoms with Crippen LogP contribution in [-0.4, -0.2) is 30.8 Å². The Morgan fingerprint density at radius 2 is 2.15 bits per heavy atom. The van der Waals surface area contributed by atoms with Crippen LogP contribution in [0, 0.1) is 0 Å². The van der Waals surface area contributed by atoms with Crippen LogP contribution >= 0.6 is 0 Å². The smallest absolute Gasteiger partial charge is 0.328 e. The highest BCUT2D eigenvalue weighted by Crippen LogP contribution is 2.27. The van der Waals surface area contributed by atoms with E-state index >= 15 is 0 Å². The molecule has 0 atom stereocenters. The number of benzene rings is 1. The highest BCUT2D eigenvalue weighted by atomic mass is 16.4. The van der Waals surface area contributed by atoms with E-state index in [9.17, 15) is 4.79 Å². The average Bonchev–Trinajstić information content (AvgIpc) is 3.30. The fraction of sp³-hybridized carbons (Fsp3) is 0.0526. The molecule has 0 aliphatic carbocycles. The van der Waals surface area contributed by atoms with Crippen molar-refractivity contribution in [1.29, 1.82) is 0 Å². The van der Waals surface area contributed by atoms with Crippen LogP contribution < -0.4 is 5.73 Å². The minimum atomic E-state index is -0.990. The number of nitrogens with two attached hydrogens (primary N) is 1. The van der Waals surface area contributed by atoms with Crippen molar-refractivity contribution in [3.63, 3.8) is 0 Å². The van der Waals surface area contributed by atoms with Gasteiger partial charge in [-0.15, -0.1) is 0 Å². The molecule has 0 saturated heterocycles. The molecule has 0 saturated carbocycles. The van der Waals surface area contributed by atoms with Crippen LogP contribution in [0.5, 0.6) is 0 Å². The van der Waals surface area contributed by atoms with Gasteiger partial charge in [-0.05, 0) is 35.4 Å². The Bertz CT molecular complexity index is 1150. The molecule has 27 heavy (non-hydrogen) atoms. The number of rotatable bonds is 5. The molecule has 0 bridgehead atoms. The number of aromatic nitrogens is 4. The molecule has 4 aromatic rings. The highest BCUT2D eigenvalue weighted by molar-refractivity contribution is 5.89. The van der Waals surface area contributed by atoms with Gasteiger partial charge in [0.25, 0.3) is 0 Å². The van der Waals surface area contributed by atoms with Crippen molar-refractivity contribution < 1.29 is 14.3 Å². The molecule has 0 amide bonds. The van der Waals surface area contributed by atoms with Crippen molar-refractivity contribution in [2.45, 2.75) is 6.54 Å². The summed E-state index contributed by atoms with van der Waals surface area (Å²) in [4.78, 5) is 19.3. The SMILES string of the molecule is Nc1nc(-c2ccco2)c2cnn(Cc3cccc(/C=C/C(=O)O)c3)c2n1. The minimum absolute atomic E-state index is 0.133. The van der Waals surface area contributed by atoms with Crippen LogP contribution in [0.25, 0.3) is 28.6 Å². The predicted octanol–water partition coefficient (Wildman–Crippen LogP) is 2.81. The molecule has 0 fully saturated rings. The van der Waals surface area contributed by atoms with E-state index in [4.69, 9.17) is 15.3 Å². The van der Waals surface area contributed by atoms with E-state index in [2.05, 4.69) is 15.1 Å². The monoisotopic (exact) mass is 361 g/mol. The number of carboxylic acids is 1. The molecule has 1 aromatic carbocycles. The highest BCUT2D eigenvalue weighted by Gasteiger charge is 2.15. The number of carboxylic acid groups (broad SMARTS) is 1. The van der Waals surface area contributed by atoms with Crippen LogP contribution in [0.15, 0.2) is 59.4 Å². The topological polar surface area (TPSA) is 120 Å². The van der Waals surface area contributed by atoms with E-state index in [0.717, 1.165) is 22.6 Å². The lowest BCUT2D eigenvalue weighted by Gasteiger charge is -2.06. The number of furan rings is 1. The number of anilines is 1. The molecule has 4 rings (SSSR count). The van der Waals surface area contributed by atoms with E-state index < -0.39 is 5.97 Å². The Morgan fingerprint density at radius 3 is 2.93 bits per heavy atom. The van der Waals surface area contributed by atoms with E-state index in [1.807, 2.05) is 24.3 Å². The number of hydrogen-bond donors (Lipinski definition) is 2. The number of aliphatic carboxylic acids is 1. The van der Waals surface area contributed by atoms with Crippen molar-refractivity contribution >= 4 is 29.0 Å². The first kappa shape index (κ1) is 16.5. The molecule has 134 valence electrons. The summed E-state index contributed by atoms with van der Waals surface area (Å²) in [7, 11) is 0. The maximum absolute atomic E-state index is 10.7. The fourth-order valence-corrected chi connectivity index (χ4v) is 2.82. The van der Waals surface area contributed by atoms with Gasteiger partial charge in [0.15, 0.2) is 11.4 Å². The van der Waals surface area contributed by atoms with E-state index in [-0.39, 0.29) is 5.95 Å². The molecule has 0 spiro atoms. The lowest BCUT2D eigenvalue weighted by Crippen LogP contribution is -2.05. The molecule has 0 aliphatic rings. The maximum Gasteiger partial charge on any atom is 0.328 e. The predicted molar refractivity (Wildman–Crippen MR) is 99.7 cm³/mol. The molecule has 0 unspecified atom stereocenters. The third kappa shape index (κ3) is 3.40. The van der Waals surface area contributed by atoms with E-state index in [1.54, 1.807) is 35.4 Å². The quantitative estimate of drug-likeness (QED) is 0.524. The Morgan fingerprint density at radius 1 is 1.26 bits per heavy atom. The van der Waals surface area contributed by atoms with Crippen molar-refractivity contribution in [3.05, 3.63) is 66.1 Å². The van der Waals surface area contributed by atoms with Gasteiger partial charge < -0.3 is 15.3 Å². The zero-order valence-corrected chi connectivity index (χ0v) is 14.1. The summed E-state index contributed by atoms with van der Waals surface area (Å²) in [5, 5.41) is 13.9. The van der Waals surface area contributed by atoms with E-state index in [0.29, 0.717) is 23.6 Å². The van der Waals surface area contributed by atoms with Gasteiger partial charge in [0.05, 0.1) is 24.4 Å². The van der Waals surface area contributed by atoms with Gasteiger partial charge in [-0.2, -0.15) is 10.1 Å². The second-order valence-electron chi connectivity index (χ2n) is 5.86. The molecule has 8 nitrogen and oxygen atoms in total. The zero-order valence-electron chi connectivity index (χ0n) is 14.1. The average molecular weight is 361 g/mol. The summed E-state index contributed by atoms with van der Waals surface area (Å²) in [6, 6.07) is 11.1. The summed E-state index contributed by atoms with van der Waals surface area (Å²) in [5.74, 6) is -0.264. The first-order valence-electron chi connectivity index (χ1n) is 8.13. The van der Waals surface area contributed by atoms with Crippen molar-refractivity contribution in [3.8, 4) is 11.5 Å². The van der Waals surface area contributed by atoms with Crippen molar-refractivity contribution in [2.75, 3.05) is 5.73 Å². The molecule has 3 aromatic heterocycles. The van der Waals surface area contributed by atoms with Gasteiger partial charge in [-0.25, -0.2) is 14.5 Å². The largest absolute Gasteiger partial charge is 0.478 e. The second kappa shape index (κ2) is 6.75. The van der Waals surface area contributed by atoms with Gasteiger partial charge in [-0.3, -0.25) is 0 Å². The number of hydrogen-bond acceptors (Lipinski definition) is 6. The molecule has 0 aliphatic heterocycles. The molecule has 8 heteroatoms. The lowest BCUT2D eigenvalue weighted by atomic mass is 10.1. The van der Waals surface area contributed by atoms with Gasteiger partial charge in [-0.1, -0.05) is 18.2 Å². The van der Waals surface area contributed by atoms with Crippen LogP contribution in [0.1, 0.15) is 11.1 Å². The van der Waals surface area contributed by atoms with Crippen LogP contribution in [0.3, 0.4) is 0 Å². The van der Waals surface area contributed by atoms with Crippen LogP contribution in [0.4, 0.5) is 5.95 Å². The summed E-state index contributed by atoms with van der Waals surface area (Å²) in [5.41, 5.74) is 8.80. The fourth-order valence-electron chi connectivity index (χ4n) is 2.82. The number of carbonyl (C=O) groups is 1. The molecule has 3 N–H and O–H groups in total. The van der Waals surface area contributed by atoms with E-state index in [1.165, 1.54) is 0 Å². The second-order valence-corrected chi connectivity index (χ2v) is 5.86. The standard InChI is InChI=1S/C19H15N5O3/c20-19-22-17(15-5-2-8-27-15)14-10-21-24(18(14)23-19)11-13-4-1-3-12(9-13)6-7-16(25)26/h1-10H,11H2,(H,25,26)(H2,20,22,23)/b7-6+. The van der Waals surface area contributed by atoms with Crippen LogP contribution in [-0.2, 0) is 11.3 Å². The molecular weight excluding hydrogens is 346 g/mol. The zero-order chi connectivity index (χ0) is 18.8. The summed E-state index contributed by atoms with van der Waals surface area (Å²) < 4.78 is 7.16. The molecule has 0 radical (unpaired) electrons. The normalized spacial score (nSPS) is 11.4. The van der Waals surface area contributed by atoms with Gasteiger partial charge in [0.2, 0.25) is 5.95 Å². The Labute approximate surface area is 153 Å². The number of nitrogen functional groups attached to an aromatic ring is 1. The number of fused-ring (bicyclic) bond motifs is 1. The maximum atomic E-state index is 10.7. The Kier molecular flexibility index (Phi) is 4.13. The first-order chi connectivity index (χ1) is 13.1. The molecule has 3 heterocycles. The summed E-state index contributed by atoms with van der Waals surface area (Å²) in [6.45, 7) is 0.451. The van der Waals surface area contributed by atoms with Gasteiger partial charge >= 0.3 is 5.97 Å². The summed E-state index contributed by atoms with van der Waals surface area (Å²) in [6.07, 6.45) is 5.90. The van der Waals surface area contributed by atoms with Crippen molar-refractivity contribution in [1.82, 2.24) is 19.7 Å². The van der Waals surface area contributed by atoms with Crippen LogP contribution in [0.2, 0.25) is 0 Å². The lowest BCUT2D eigenvalue weighted by molar-refractivity contribution is -0.131. The molecular formula is C19H15N5O3. The van der Waals surface area contributed by atoms with Crippen molar-refractivity contribution in [2.24, 2.45) is 0 Å². The Hall–Kier alpha value is -3.94. The third-order valence-electron chi connectivity index (χ3n) is 3.97. The van der Waals surface area contributed by atoms with Gasteiger partial charge in [0, 0.05) is 6.08 Å². The minimum Gasteiger partial charge on any atom is -0.478 e. The Balaban J connectivity index is 1.71. The third-order valence-corrected chi connectivity index (χ3v) is 3.97. The first-order valence-corrected chi connectivity index (χ1v) is 8.13. The van der Waals surface area contributed by atoms with Gasteiger partial charge in [0.1, 0.15) is 5.69 Å². The summed E-state index contributed by atoms with van der Waals surface area (Å²) >= 11 is 0. The number of nitrogens with zero attached hydrogens (tertiary/aromatic N) is 4.